The Balaban J connectivity index is 1.74. The zero-order valence-electron chi connectivity index (χ0n) is 17.2. The number of ether oxygens (including phenoxy) is 1. The second kappa shape index (κ2) is 9.34. The number of amides is 1. The van der Waals surface area contributed by atoms with Gasteiger partial charge < -0.3 is 9.64 Å². The van der Waals surface area contributed by atoms with Crippen molar-refractivity contribution in [3.05, 3.63) is 59.3 Å². The molecule has 2 aromatic heterocycles. The van der Waals surface area contributed by atoms with Crippen LogP contribution < -0.4 is 4.74 Å². The minimum Gasteiger partial charge on any atom is -0.474 e. The molecule has 0 N–H and O–H groups in total. The first-order valence-electron chi connectivity index (χ1n) is 9.51. The van der Waals surface area contributed by atoms with Crippen LogP contribution in [0.25, 0.3) is 5.69 Å². The summed E-state index contributed by atoms with van der Waals surface area (Å²) in [5, 5.41) is 8.61. The van der Waals surface area contributed by atoms with Crippen LogP contribution in [0.5, 0.6) is 5.88 Å². The number of aromatic nitrogens is 5. The van der Waals surface area contributed by atoms with Gasteiger partial charge in [-0.25, -0.2) is 9.97 Å². The number of rotatable bonds is 8. The Morgan fingerprint density at radius 2 is 1.97 bits per heavy atom. The summed E-state index contributed by atoms with van der Waals surface area (Å²) in [6, 6.07) is 4.51. The summed E-state index contributed by atoms with van der Waals surface area (Å²) < 4.78 is 32.1. The molecule has 0 aliphatic carbocycles. The van der Waals surface area contributed by atoms with Crippen molar-refractivity contribution >= 4 is 17.5 Å². The topological polar surface area (TPSA) is 86.0 Å². The molecule has 0 saturated carbocycles. The van der Waals surface area contributed by atoms with Crippen molar-refractivity contribution in [2.24, 2.45) is 0 Å². The molecule has 3 rings (SSSR count). The monoisotopic (exact) mass is 450 g/mol. The number of carbonyl (C=O) groups excluding carboxylic acids is 1. The summed E-state index contributed by atoms with van der Waals surface area (Å²) in [5.41, 5.74) is 0.389. The Morgan fingerprint density at radius 3 is 2.55 bits per heavy atom. The van der Waals surface area contributed by atoms with Crippen LogP contribution >= 0.6 is 11.6 Å². The summed E-state index contributed by atoms with van der Waals surface area (Å²) in [5.74, 6) is -3.24. The molecule has 0 aliphatic rings. The van der Waals surface area contributed by atoms with Gasteiger partial charge in [-0.1, -0.05) is 11.6 Å². The fourth-order valence-corrected chi connectivity index (χ4v) is 3.08. The lowest BCUT2D eigenvalue weighted by molar-refractivity contribution is 0.0121. The van der Waals surface area contributed by atoms with Crippen LogP contribution in [0, 0.1) is 0 Å². The van der Waals surface area contributed by atoms with Gasteiger partial charge in [0.2, 0.25) is 5.88 Å². The van der Waals surface area contributed by atoms with E-state index in [9.17, 15) is 13.6 Å². The second-order valence-corrected chi connectivity index (χ2v) is 7.30. The van der Waals surface area contributed by atoms with Gasteiger partial charge in [0.05, 0.1) is 42.1 Å². The van der Waals surface area contributed by atoms with E-state index in [4.69, 9.17) is 16.3 Å². The van der Waals surface area contributed by atoms with Crippen molar-refractivity contribution in [3.63, 3.8) is 0 Å². The molecule has 0 radical (unpaired) electrons. The van der Waals surface area contributed by atoms with Gasteiger partial charge >= 0.3 is 0 Å². The first kappa shape index (κ1) is 22.5. The Morgan fingerprint density at radius 1 is 1.26 bits per heavy atom. The maximum absolute atomic E-state index is 13.3. The lowest BCUT2D eigenvalue weighted by atomic mass is 10.1. The van der Waals surface area contributed by atoms with E-state index in [0.29, 0.717) is 22.8 Å². The molecule has 2 heterocycles. The van der Waals surface area contributed by atoms with Gasteiger partial charge in [0, 0.05) is 18.5 Å². The summed E-state index contributed by atoms with van der Waals surface area (Å²) in [7, 11) is 0. The summed E-state index contributed by atoms with van der Waals surface area (Å²) in [4.78, 5) is 23.7. The zero-order chi connectivity index (χ0) is 22.6. The van der Waals surface area contributed by atoms with Gasteiger partial charge in [0.1, 0.15) is 12.3 Å². The maximum atomic E-state index is 13.3. The minimum absolute atomic E-state index is 0.0938. The molecule has 1 aromatic carbocycles. The molecule has 0 spiro atoms. The van der Waals surface area contributed by atoms with E-state index in [1.165, 1.54) is 17.2 Å². The Kier molecular flexibility index (Phi) is 6.79. The number of hydrogen-bond donors (Lipinski definition) is 0. The summed E-state index contributed by atoms with van der Waals surface area (Å²) in [6.45, 7) is 4.90. The van der Waals surface area contributed by atoms with Crippen LogP contribution in [0.4, 0.5) is 8.78 Å². The molecule has 0 fully saturated rings. The van der Waals surface area contributed by atoms with Crippen molar-refractivity contribution in [2.75, 3.05) is 13.2 Å². The molecule has 0 unspecified atom stereocenters. The Hall–Kier alpha value is -3.14. The third-order valence-corrected chi connectivity index (χ3v) is 4.74. The van der Waals surface area contributed by atoms with E-state index < -0.39 is 11.6 Å². The van der Waals surface area contributed by atoms with Crippen LogP contribution in [-0.2, 0) is 5.92 Å². The van der Waals surface area contributed by atoms with Crippen molar-refractivity contribution in [2.45, 2.75) is 32.7 Å². The van der Waals surface area contributed by atoms with Crippen molar-refractivity contribution < 1.29 is 18.3 Å². The third-order valence-electron chi connectivity index (χ3n) is 4.51. The first-order chi connectivity index (χ1) is 14.7. The second-order valence-electron chi connectivity index (χ2n) is 6.86. The molecule has 31 heavy (non-hydrogen) atoms. The summed E-state index contributed by atoms with van der Waals surface area (Å²) >= 11 is 6.10. The molecule has 1 amide bonds. The highest BCUT2D eigenvalue weighted by molar-refractivity contribution is 6.31. The average molecular weight is 451 g/mol. The van der Waals surface area contributed by atoms with E-state index in [2.05, 4.69) is 20.2 Å². The van der Waals surface area contributed by atoms with Crippen LogP contribution in [0.1, 0.15) is 36.8 Å². The van der Waals surface area contributed by atoms with E-state index >= 15 is 0 Å². The number of benzene rings is 1. The number of likely N-dealkylation sites (N-methyl/N-ethyl adjacent to an activating group) is 1. The number of alkyl halides is 2. The Labute approximate surface area is 182 Å². The van der Waals surface area contributed by atoms with Crippen LogP contribution in [0.2, 0.25) is 5.02 Å². The molecule has 8 nitrogen and oxygen atoms in total. The molecule has 3 aromatic rings. The molecular formula is C20H21ClF2N6O2. The number of halogens is 3. The average Bonchev–Trinajstić information content (AvgIpc) is 3.27. The molecule has 0 saturated heterocycles. The number of nitrogens with zero attached hydrogens (tertiary/aromatic N) is 6. The van der Waals surface area contributed by atoms with Gasteiger partial charge in [-0.2, -0.15) is 23.8 Å². The van der Waals surface area contributed by atoms with Crippen molar-refractivity contribution in [1.29, 1.82) is 0 Å². The predicted molar refractivity (Wildman–Crippen MR) is 110 cm³/mol. The first-order valence-corrected chi connectivity index (χ1v) is 9.88. The van der Waals surface area contributed by atoms with Gasteiger partial charge in [-0.05, 0) is 32.0 Å². The standard InChI is InChI=1S/C20H21ClF2N6O2/c1-4-28(13(2)12-31-18-11-24-17(10-25-18)20(3,22)23)19(30)15-6-5-14(21)9-16(15)29-26-7-8-27-29/h5-11,13H,4,12H2,1-3H3/t13-/m0/s1. The quantitative estimate of drug-likeness (QED) is 0.519. The van der Waals surface area contributed by atoms with Crippen LogP contribution in [0.3, 0.4) is 0 Å². The fourth-order valence-electron chi connectivity index (χ4n) is 2.91. The lowest BCUT2D eigenvalue weighted by Gasteiger charge is -2.28. The third kappa shape index (κ3) is 5.32. The van der Waals surface area contributed by atoms with E-state index in [-0.39, 0.29) is 24.4 Å². The molecule has 11 heteroatoms. The SMILES string of the molecule is CCN(C(=O)c1ccc(Cl)cc1-n1nccn1)[C@@H](C)COc1cnc(C(C)(F)F)cn1. The maximum Gasteiger partial charge on any atom is 0.288 e. The van der Waals surface area contributed by atoms with Crippen molar-refractivity contribution in [3.8, 4) is 11.6 Å². The van der Waals surface area contributed by atoms with Crippen molar-refractivity contribution in [1.82, 2.24) is 29.9 Å². The highest BCUT2D eigenvalue weighted by atomic mass is 35.5. The van der Waals surface area contributed by atoms with Gasteiger partial charge in [0.15, 0.2) is 0 Å². The molecule has 1 atom stereocenters. The normalized spacial score (nSPS) is 12.5. The van der Waals surface area contributed by atoms with Crippen LogP contribution in [-0.4, -0.2) is 55.0 Å². The lowest BCUT2D eigenvalue weighted by Crippen LogP contribution is -2.42. The number of hydrogen-bond acceptors (Lipinski definition) is 6. The summed E-state index contributed by atoms with van der Waals surface area (Å²) in [6.07, 6.45) is 5.12. The van der Waals surface area contributed by atoms with E-state index in [1.54, 1.807) is 23.1 Å². The minimum atomic E-state index is -3.08. The smallest absolute Gasteiger partial charge is 0.288 e. The molecule has 164 valence electrons. The highest BCUT2D eigenvalue weighted by Gasteiger charge is 2.27. The molecule has 0 aliphatic heterocycles. The van der Waals surface area contributed by atoms with Gasteiger partial charge in [0.25, 0.3) is 11.8 Å². The van der Waals surface area contributed by atoms with Gasteiger partial charge in [-0.15, -0.1) is 0 Å². The fraction of sp³-hybridized carbons (Fsp3) is 0.350. The largest absolute Gasteiger partial charge is 0.474 e. The molecule has 0 bridgehead atoms. The molecular weight excluding hydrogens is 430 g/mol. The Bertz CT molecular complexity index is 1030. The number of carbonyl (C=O) groups is 1. The van der Waals surface area contributed by atoms with Crippen LogP contribution in [0.15, 0.2) is 43.0 Å². The van der Waals surface area contributed by atoms with Gasteiger partial charge in [-0.3, -0.25) is 4.79 Å². The highest BCUT2D eigenvalue weighted by Crippen LogP contribution is 2.25. The predicted octanol–water partition coefficient (Wildman–Crippen LogP) is 3.75. The zero-order valence-corrected chi connectivity index (χ0v) is 17.9. The van der Waals surface area contributed by atoms with E-state index in [0.717, 1.165) is 19.3 Å². The van der Waals surface area contributed by atoms with E-state index in [1.807, 2.05) is 13.8 Å².